The van der Waals surface area contributed by atoms with Crippen molar-refractivity contribution >= 4 is 11.6 Å². The number of ether oxygens (including phenoxy) is 1. The molecule has 0 aliphatic carbocycles. The summed E-state index contributed by atoms with van der Waals surface area (Å²) < 4.78 is 19.2. The molecular weight excluding hydrogens is 277 g/mol. The van der Waals surface area contributed by atoms with Crippen LogP contribution in [-0.4, -0.2) is 13.7 Å². The van der Waals surface area contributed by atoms with Crippen LogP contribution >= 0.6 is 11.6 Å². The van der Waals surface area contributed by atoms with Crippen molar-refractivity contribution in [3.8, 4) is 5.75 Å². The van der Waals surface area contributed by atoms with Crippen LogP contribution in [0.15, 0.2) is 42.5 Å². The van der Waals surface area contributed by atoms with E-state index in [4.69, 9.17) is 16.3 Å². The standard InChI is InChI=1S/C16H15ClFNO/c1-19-16(12-8-10(18)6-7-14(12)17)13-9-20-15-5-3-2-4-11(13)15/h2-8,13,16,19H,9H2,1H3. The molecule has 0 radical (unpaired) electrons. The van der Waals surface area contributed by atoms with Gasteiger partial charge in [0.25, 0.3) is 0 Å². The summed E-state index contributed by atoms with van der Waals surface area (Å²) in [4.78, 5) is 0. The number of fused-ring (bicyclic) bond motifs is 1. The SMILES string of the molecule is CNC(c1cc(F)ccc1Cl)C1COc2ccccc21. The molecule has 2 aromatic rings. The molecule has 0 saturated heterocycles. The number of benzene rings is 2. The Morgan fingerprint density at radius 1 is 1.30 bits per heavy atom. The fraction of sp³-hybridized carbons (Fsp3) is 0.250. The summed E-state index contributed by atoms with van der Waals surface area (Å²) in [5.41, 5.74) is 1.90. The lowest BCUT2D eigenvalue weighted by molar-refractivity contribution is 0.304. The molecule has 0 amide bonds. The average Bonchev–Trinajstić information content (AvgIpc) is 2.88. The van der Waals surface area contributed by atoms with E-state index in [1.165, 1.54) is 12.1 Å². The Morgan fingerprint density at radius 2 is 2.10 bits per heavy atom. The third-order valence-corrected chi connectivity index (χ3v) is 4.09. The van der Waals surface area contributed by atoms with Crippen LogP contribution in [0.2, 0.25) is 5.02 Å². The van der Waals surface area contributed by atoms with Gasteiger partial charge in [0.05, 0.1) is 6.61 Å². The van der Waals surface area contributed by atoms with E-state index >= 15 is 0 Å². The van der Waals surface area contributed by atoms with Crippen molar-refractivity contribution in [2.45, 2.75) is 12.0 Å². The van der Waals surface area contributed by atoms with Crippen LogP contribution < -0.4 is 10.1 Å². The third-order valence-electron chi connectivity index (χ3n) is 3.74. The smallest absolute Gasteiger partial charge is 0.123 e. The second kappa shape index (κ2) is 5.43. The van der Waals surface area contributed by atoms with E-state index in [0.717, 1.165) is 16.9 Å². The van der Waals surface area contributed by atoms with Crippen LogP contribution in [0.5, 0.6) is 5.75 Å². The van der Waals surface area contributed by atoms with Crippen molar-refractivity contribution in [2.24, 2.45) is 0 Å². The molecule has 0 spiro atoms. The summed E-state index contributed by atoms with van der Waals surface area (Å²) in [6, 6.07) is 12.3. The molecule has 104 valence electrons. The van der Waals surface area contributed by atoms with Crippen LogP contribution in [-0.2, 0) is 0 Å². The normalized spacial score (nSPS) is 18.4. The molecule has 20 heavy (non-hydrogen) atoms. The predicted molar refractivity (Wildman–Crippen MR) is 77.9 cm³/mol. The Bertz CT molecular complexity index is 632. The van der Waals surface area contributed by atoms with E-state index < -0.39 is 0 Å². The maximum atomic E-state index is 13.5. The molecule has 2 unspecified atom stereocenters. The largest absolute Gasteiger partial charge is 0.493 e. The molecule has 0 bridgehead atoms. The molecular formula is C16H15ClFNO. The van der Waals surface area contributed by atoms with Crippen LogP contribution in [0.4, 0.5) is 4.39 Å². The van der Waals surface area contributed by atoms with E-state index in [9.17, 15) is 4.39 Å². The zero-order valence-electron chi connectivity index (χ0n) is 11.1. The van der Waals surface area contributed by atoms with Gasteiger partial charge in [0, 0.05) is 22.5 Å². The third kappa shape index (κ3) is 2.28. The van der Waals surface area contributed by atoms with E-state index in [1.807, 2.05) is 31.3 Å². The highest BCUT2D eigenvalue weighted by Crippen LogP contribution is 2.42. The monoisotopic (exact) mass is 291 g/mol. The molecule has 0 fully saturated rings. The predicted octanol–water partition coefficient (Wildman–Crippen LogP) is 3.92. The van der Waals surface area contributed by atoms with Crippen LogP contribution in [0, 0.1) is 5.82 Å². The zero-order chi connectivity index (χ0) is 14.1. The molecule has 0 saturated carbocycles. The summed E-state index contributed by atoms with van der Waals surface area (Å²) >= 11 is 6.23. The Balaban J connectivity index is 2.01. The van der Waals surface area contributed by atoms with E-state index in [-0.39, 0.29) is 17.8 Å². The molecule has 2 aromatic carbocycles. The van der Waals surface area contributed by atoms with E-state index in [0.29, 0.717) is 11.6 Å². The van der Waals surface area contributed by atoms with Crippen molar-refractivity contribution in [1.82, 2.24) is 5.32 Å². The van der Waals surface area contributed by atoms with Gasteiger partial charge in [-0.3, -0.25) is 0 Å². The summed E-state index contributed by atoms with van der Waals surface area (Å²) in [6.45, 7) is 0.567. The quantitative estimate of drug-likeness (QED) is 0.925. The van der Waals surface area contributed by atoms with Gasteiger partial charge in [0.15, 0.2) is 0 Å². The minimum atomic E-state index is -0.281. The lowest BCUT2D eigenvalue weighted by Gasteiger charge is -2.24. The summed E-state index contributed by atoms with van der Waals surface area (Å²) in [5.74, 6) is 0.734. The van der Waals surface area contributed by atoms with Crippen LogP contribution in [0.25, 0.3) is 0 Å². The number of halogens is 2. The first-order valence-electron chi connectivity index (χ1n) is 6.54. The molecule has 3 rings (SSSR count). The second-order valence-electron chi connectivity index (χ2n) is 4.89. The number of rotatable bonds is 3. The fourth-order valence-corrected chi connectivity index (χ4v) is 3.02. The molecule has 2 atom stereocenters. The van der Waals surface area contributed by atoms with E-state index in [2.05, 4.69) is 5.32 Å². The lowest BCUT2D eigenvalue weighted by Crippen LogP contribution is -2.25. The first-order chi connectivity index (χ1) is 9.70. The lowest BCUT2D eigenvalue weighted by atomic mass is 9.88. The number of hydrogen-bond acceptors (Lipinski definition) is 2. The highest BCUT2D eigenvalue weighted by Gasteiger charge is 2.32. The Labute approximate surface area is 122 Å². The highest BCUT2D eigenvalue weighted by molar-refractivity contribution is 6.31. The maximum Gasteiger partial charge on any atom is 0.123 e. The molecule has 1 heterocycles. The van der Waals surface area contributed by atoms with Crippen molar-refractivity contribution in [3.63, 3.8) is 0 Å². The van der Waals surface area contributed by atoms with Gasteiger partial charge >= 0.3 is 0 Å². The van der Waals surface area contributed by atoms with Gasteiger partial charge in [-0.25, -0.2) is 4.39 Å². The molecule has 4 heteroatoms. The summed E-state index contributed by atoms with van der Waals surface area (Å²) in [5, 5.41) is 3.80. The van der Waals surface area contributed by atoms with Crippen molar-refractivity contribution < 1.29 is 9.13 Å². The maximum absolute atomic E-state index is 13.5. The van der Waals surface area contributed by atoms with Gasteiger partial charge in [-0.1, -0.05) is 29.8 Å². The van der Waals surface area contributed by atoms with Crippen LogP contribution in [0.1, 0.15) is 23.1 Å². The van der Waals surface area contributed by atoms with Crippen molar-refractivity contribution in [3.05, 3.63) is 64.4 Å². The van der Waals surface area contributed by atoms with E-state index in [1.54, 1.807) is 6.07 Å². The molecule has 1 aliphatic rings. The number of nitrogens with one attached hydrogen (secondary N) is 1. The highest BCUT2D eigenvalue weighted by atomic mass is 35.5. The minimum absolute atomic E-state index is 0.0816. The van der Waals surface area contributed by atoms with Gasteiger partial charge in [-0.05, 0) is 36.9 Å². The molecule has 2 nitrogen and oxygen atoms in total. The summed E-state index contributed by atoms with van der Waals surface area (Å²) in [6.07, 6.45) is 0. The van der Waals surface area contributed by atoms with Crippen molar-refractivity contribution in [2.75, 3.05) is 13.7 Å². The molecule has 0 aromatic heterocycles. The Kier molecular flexibility index (Phi) is 3.64. The topological polar surface area (TPSA) is 21.3 Å². The average molecular weight is 292 g/mol. The number of likely N-dealkylation sites (N-methyl/N-ethyl adjacent to an activating group) is 1. The van der Waals surface area contributed by atoms with Gasteiger partial charge in [0.2, 0.25) is 0 Å². The van der Waals surface area contributed by atoms with Gasteiger partial charge in [-0.2, -0.15) is 0 Å². The first-order valence-corrected chi connectivity index (χ1v) is 6.92. The number of para-hydroxylation sites is 1. The van der Waals surface area contributed by atoms with Gasteiger partial charge in [0.1, 0.15) is 11.6 Å². The number of hydrogen-bond donors (Lipinski definition) is 1. The summed E-state index contributed by atoms with van der Waals surface area (Å²) in [7, 11) is 1.85. The first kappa shape index (κ1) is 13.4. The Morgan fingerprint density at radius 3 is 2.90 bits per heavy atom. The van der Waals surface area contributed by atoms with Crippen LogP contribution in [0.3, 0.4) is 0 Å². The zero-order valence-corrected chi connectivity index (χ0v) is 11.8. The fourth-order valence-electron chi connectivity index (χ4n) is 2.79. The molecule has 1 N–H and O–H groups in total. The minimum Gasteiger partial charge on any atom is -0.493 e. The Hall–Kier alpha value is -1.58. The molecule has 1 aliphatic heterocycles. The second-order valence-corrected chi connectivity index (χ2v) is 5.29. The van der Waals surface area contributed by atoms with Crippen molar-refractivity contribution in [1.29, 1.82) is 0 Å². The van der Waals surface area contributed by atoms with Gasteiger partial charge < -0.3 is 10.1 Å². The van der Waals surface area contributed by atoms with Gasteiger partial charge in [-0.15, -0.1) is 0 Å².